The molecule has 0 aliphatic rings. The van der Waals surface area contributed by atoms with E-state index in [-0.39, 0.29) is 35.6 Å². The SMILES string of the molecule is CCOC(=O)c1cn(-c2cc(NCc3ccc(OC)cc3C=O)c(F)cc2CO)c2c(OC)c(F)c(F)cc2c1=O. The summed E-state index contributed by atoms with van der Waals surface area (Å²) in [5.41, 5.74) is -1.00. The molecule has 0 amide bonds. The summed E-state index contributed by atoms with van der Waals surface area (Å²) in [6.07, 6.45) is 1.66. The van der Waals surface area contributed by atoms with Gasteiger partial charge < -0.3 is 29.2 Å². The second kappa shape index (κ2) is 12.1. The molecule has 0 bridgehead atoms. The maximum atomic E-state index is 15.2. The van der Waals surface area contributed by atoms with Gasteiger partial charge in [-0.1, -0.05) is 6.07 Å². The lowest BCUT2D eigenvalue weighted by atomic mass is 10.1. The van der Waals surface area contributed by atoms with Gasteiger partial charge in [-0.3, -0.25) is 9.59 Å². The van der Waals surface area contributed by atoms with Gasteiger partial charge in [0.25, 0.3) is 0 Å². The van der Waals surface area contributed by atoms with Crippen LogP contribution in [0.2, 0.25) is 0 Å². The van der Waals surface area contributed by atoms with E-state index in [1.54, 1.807) is 12.1 Å². The quantitative estimate of drug-likeness (QED) is 0.211. The fourth-order valence-electron chi connectivity index (χ4n) is 4.38. The fourth-order valence-corrected chi connectivity index (χ4v) is 4.38. The Bertz CT molecular complexity index is 1720. The molecule has 4 rings (SSSR count). The Morgan fingerprint density at radius 1 is 1.05 bits per heavy atom. The van der Waals surface area contributed by atoms with Crippen molar-refractivity contribution in [3.8, 4) is 17.2 Å². The van der Waals surface area contributed by atoms with Gasteiger partial charge in [0.05, 0.1) is 44.2 Å². The minimum Gasteiger partial charge on any atom is -0.497 e. The Morgan fingerprint density at radius 3 is 2.44 bits per heavy atom. The van der Waals surface area contributed by atoms with Crippen LogP contribution in [-0.4, -0.2) is 42.8 Å². The van der Waals surface area contributed by atoms with Crippen molar-refractivity contribution in [2.24, 2.45) is 0 Å². The van der Waals surface area contributed by atoms with Crippen molar-refractivity contribution in [2.75, 3.05) is 26.1 Å². The second-order valence-corrected chi connectivity index (χ2v) is 8.72. The average molecular weight is 571 g/mol. The normalized spacial score (nSPS) is 10.9. The number of aldehydes is 1. The lowest BCUT2D eigenvalue weighted by Gasteiger charge is -2.20. The van der Waals surface area contributed by atoms with Crippen molar-refractivity contribution in [1.29, 1.82) is 0 Å². The van der Waals surface area contributed by atoms with Gasteiger partial charge in [-0.25, -0.2) is 13.6 Å². The van der Waals surface area contributed by atoms with Gasteiger partial charge in [0.1, 0.15) is 22.6 Å². The van der Waals surface area contributed by atoms with Crippen LogP contribution in [0.15, 0.2) is 47.4 Å². The summed E-state index contributed by atoms with van der Waals surface area (Å²) in [5, 5.41) is 12.5. The predicted molar refractivity (Wildman–Crippen MR) is 144 cm³/mol. The summed E-state index contributed by atoms with van der Waals surface area (Å²) in [6, 6.07) is 7.66. The number of halogens is 3. The number of aliphatic hydroxyl groups excluding tert-OH is 1. The van der Waals surface area contributed by atoms with Crippen LogP contribution in [0.1, 0.15) is 38.8 Å². The number of carbonyl (C=O) groups excluding carboxylic acids is 2. The number of hydrogen-bond donors (Lipinski definition) is 2. The fraction of sp³-hybridized carbons (Fsp3) is 0.207. The van der Waals surface area contributed by atoms with Crippen LogP contribution in [0.4, 0.5) is 18.9 Å². The molecule has 9 nitrogen and oxygen atoms in total. The highest BCUT2D eigenvalue weighted by atomic mass is 19.2. The number of hydrogen-bond acceptors (Lipinski definition) is 8. The molecule has 0 fully saturated rings. The van der Waals surface area contributed by atoms with Crippen molar-refractivity contribution >= 4 is 28.8 Å². The number of carbonyl (C=O) groups is 2. The van der Waals surface area contributed by atoms with Crippen LogP contribution in [0.5, 0.6) is 11.5 Å². The average Bonchev–Trinajstić information content (AvgIpc) is 2.97. The molecule has 0 unspecified atom stereocenters. The minimum atomic E-state index is -1.40. The Balaban J connectivity index is 1.96. The lowest BCUT2D eigenvalue weighted by molar-refractivity contribution is 0.0524. The number of methoxy groups -OCH3 is 2. The maximum Gasteiger partial charge on any atom is 0.343 e. The molecule has 214 valence electrons. The number of anilines is 1. The summed E-state index contributed by atoms with van der Waals surface area (Å²) in [6.45, 7) is 0.748. The zero-order chi connectivity index (χ0) is 29.8. The van der Waals surface area contributed by atoms with E-state index in [1.165, 1.54) is 26.2 Å². The Morgan fingerprint density at radius 2 is 1.80 bits per heavy atom. The molecule has 0 spiro atoms. The zero-order valence-electron chi connectivity index (χ0n) is 22.2. The van der Waals surface area contributed by atoms with E-state index >= 15 is 4.39 Å². The van der Waals surface area contributed by atoms with E-state index in [0.29, 0.717) is 29.2 Å². The van der Waals surface area contributed by atoms with E-state index in [4.69, 9.17) is 14.2 Å². The first kappa shape index (κ1) is 29.2. The van der Waals surface area contributed by atoms with Crippen molar-refractivity contribution in [3.63, 3.8) is 0 Å². The van der Waals surface area contributed by atoms with E-state index in [1.807, 2.05) is 0 Å². The molecule has 0 aliphatic heterocycles. The zero-order valence-corrected chi connectivity index (χ0v) is 22.2. The third-order valence-corrected chi connectivity index (χ3v) is 6.39. The molecule has 0 saturated carbocycles. The smallest absolute Gasteiger partial charge is 0.343 e. The molecule has 0 atom stereocenters. The number of esters is 1. The van der Waals surface area contributed by atoms with E-state index in [9.17, 15) is 28.3 Å². The molecular formula is C29H25F3N2O7. The van der Waals surface area contributed by atoms with Crippen molar-refractivity contribution in [1.82, 2.24) is 4.57 Å². The molecular weight excluding hydrogens is 545 g/mol. The Hall–Kier alpha value is -4.84. The van der Waals surface area contributed by atoms with Crippen LogP contribution in [0.25, 0.3) is 16.6 Å². The van der Waals surface area contributed by atoms with E-state index < -0.39 is 52.2 Å². The molecule has 12 heteroatoms. The lowest BCUT2D eigenvalue weighted by Crippen LogP contribution is -2.22. The summed E-state index contributed by atoms with van der Waals surface area (Å²) >= 11 is 0. The van der Waals surface area contributed by atoms with Crippen LogP contribution in [-0.2, 0) is 17.9 Å². The van der Waals surface area contributed by atoms with Crippen LogP contribution in [0, 0.1) is 17.5 Å². The van der Waals surface area contributed by atoms with Crippen molar-refractivity contribution < 1.29 is 42.1 Å². The molecule has 4 aromatic rings. The van der Waals surface area contributed by atoms with Crippen molar-refractivity contribution in [3.05, 3.63) is 92.5 Å². The summed E-state index contributed by atoms with van der Waals surface area (Å²) in [4.78, 5) is 37.4. The number of aromatic nitrogens is 1. The van der Waals surface area contributed by atoms with E-state index in [2.05, 4.69) is 5.32 Å². The number of nitrogens with one attached hydrogen (secondary N) is 1. The third kappa shape index (κ3) is 5.46. The predicted octanol–water partition coefficient (Wildman–Crippen LogP) is 4.52. The van der Waals surface area contributed by atoms with Crippen LogP contribution in [0.3, 0.4) is 0 Å². The number of fused-ring (bicyclic) bond motifs is 1. The van der Waals surface area contributed by atoms with Gasteiger partial charge in [0, 0.05) is 23.9 Å². The van der Waals surface area contributed by atoms with Gasteiger partial charge in [-0.05, 0) is 42.8 Å². The number of nitrogens with zero attached hydrogens (tertiary/aromatic N) is 1. The number of aliphatic hydroxyl groups is 1. The molecule has 41 heavy (non-hydrogen) atoms. The second-order valence-electron chi connectivity index (χ2n) is 8.72. The van der Waals surface area contributed by atoms with Gasteiger partial charge >= 0.3 is 5.97 Å². The molecule has 1 heterocycles. The molecule has 3 aromatic carbocycles. The summed E-state index contributed by atoms with van der Waals surface area (Å²) in [5.74, 6) is -4.79. The first-order chi connectivity index (χ1) is 19.7. The van der Waals surface area contributed by atoms with Crippen molar-refractivity contribution in [2.45, 2.75) is 20.1 Å². The minimum absolute atomic E-state index is 0.00491. The first-order valence-electron chi connectivity index (χ1n) is 12.3. The Labute approximate surface area is 231 Å². The molecule has 0 saturated heterocycles. The number of pyridine rings is 1. The first-order valence-corrected chi connectivity index (χ1v) is 12.3. The summed E-state index contributed by atoms with van der Waals surface area (Å²) in [7, 11) is 2.51. The highest BCUT2D eigenvalue weighted by Crippen LogP contribution is 2.34. The van der Waals surface area contributed by atoms with Gasteiger partial charge in [-0.2, -0.15) is 4.39 Å². The highest BCUT2D eigenvalue weighted by Gasteiger charge is 2.25. The van der Waals surface area contributed by atoms with E-state index in [0.717, 1.165) is 23.9 Å². The van der Waals surface area contributed by atoms with Gasteiger partial charge in [0.2, 0.25) is 11.2 Å². The van der Waals surface area contributed by atoms with Crippen LogP contribution >= 0.6 is 0 Å². The number of benzene rings is 3. The Kier molecular flexibility index (Phi) is 8.62. The molecule has 1 aromatic heterocycles. The number of ether oxygens (including phenoxy) is 3. The van der Waals surface area contributed by atoms with Gasteiger partial charge in [-0.15, -0.1) is 0 Å². The number of rotatable bonds is 10. The summed E-state index contributed by atoms with van der Waals surface area (Å²) < 4.78 is 60.8. The molecule has 0 radical (unpaired) electrons. The van der Waals surface area contributed by atoms with Crippen LogP contribution < -0.4 is 20.2 Å². The standard InChI is InChI=1S/C29H25F3N2O7/c1-4-41-29(38)20-12-34(26-19(27(20)37)9-22(31)25(32)28(26)40-3)24-10-23(21(30)8-17(24)14-36)33-11-15-5-6-18(39-2)7-16(15)13-35/h5-10,12-13,33,36H,4,11,14H2,1-3H3. The maximum absolute atomic E-state index is 15.2. The third-order valence-electron chi connectivity index (χ3n) is 6.39. The monoisotopic (exact) mass is 570 g/mol. The molecule has 2 N–H and O–H groups in total. The largest absolute Gasteiger partial charge is 0.497 e. The highest BCUT2D eigenvalue weighted by molar-refractivity contribution is 5.96. The molecule has 0 aliphatic carbocycles. The topological polar surface area (TPSA) is 116 Å². The van der Waals surface area contributed by atoms with Gasteiger partial charge in [0.15, 0.2) is 17.9 Å².